The number of fused-ring (bicyclic) bond motifs is 1. The molecular formula is C13H16N4O2S. The molecule has 0 saturated heterocycles. The second-order valence-electron chi connectivity index (χ2n) is 4.46. The number of nitrogens with one attached hydrogen (secondary N) is 2. The van der Waals surface area contributed by atoms with Gasteiger partial charge in [0.25, 0.3) is 5.91 Å². The zero-order valence-corrected chi connectivity index (χ0v) is 12.3. The zero-order valence-electron chi connectivity index (χ0n) is 11.5. The normalized spacial score (nSPS) is 12.2. The van der Waals surface area contributed by atoms with E-state index in [0.717, 1.165) is 15.8 Å². The van der Waals surface area contributed by atoms with Crippen LogP contribution in [-0.2, 0) is 4.79 Å². The van der Waals surface area contributed by atoms with E-state index in [0.29, 0.717) is 10.6 Å². The smallest absolute Gasteiger partial charge is 0.264 e. The summed E-state index contributed by atoms with van der Waals surface area (Å²) in [6, 6.07) is 1.23. The number of likely N-dealkylation sites (N-methyl/N-ethyl adjacent to an activating group) is 1. The number of anilines is 1. The molecule has 4 N–H and O–H groups in total. The van der Waals surface area contributed by atoms with Crippen LogP contribution in [0.1, 0.15) is 22.2 Å². The molecule has 2 amide bonds. The Kier molecular flexibility index (Phi) is 3.89. The molecule has 0 bridgehead atoms. The number of hydrogen-bond acceptors (Lipinski definition) is 5. The number of thiophene rings is 1. The molecule has 0 aliphatic rings. The maximum absolute atomic E-state index is 12.2. The first-order valence-electron chi connectivity index (χ1n) is 6.11. The van der Waals surface area contributed by atoms with Crippen LogP contribution in [0.15, 0.2) is 12.3 Å². The largest absolute Gasteiger partial charge is 0.397 e. The Morgan fingerprint density at radius 1 is 1.45 bits per heavy atom. The molecule has 2 aromatic rings. The van der Waals surface area contributed by atoms with Crippen LogP contribution in [0, 0.1) is 6.92 Å². The van der Waals surface area contributed by atoms with Crippen LogP contribution in [0.2, 0.25) is 0 Å². The molecule has 0 radical (unpaired) electrons. The molecule has 2 heterocycles. The summed E-state index contributed by atoms with van der Waals surface area (Å²) < 4.78 is 0. The van der Waals surface area contributed by atoms with Crippen LogP contribution in [0.5, 0.6) is 0 Å². The lowest BCUT2D eigenvalue weighted by Crippen LogP contribution is -2.43. The molecule has 2 aromatic heterocycles. The van der Waals surface area contributed by atoms with Gasteiger partial charge < -0.3 is 16.4 Å². The lowest BCUT2D eigenvalue weighted by Gasteiger charge is -2.11. The van der Waals surface area contributed by atoms with E-state index in [9.17, 15) is 9.59 Å². The van der Waals surface area contributed by atoms with Crippen molar-refractivity contribution in [2.24, 2.45) is 0 Å². The number of pyridine rings is 1. The van der Waals surface area contributed by atoms with Gasteiger partial charge in [-0.05, 0) is 25.5 Å². The van der Waals surface area contributed by atoms with Gasteiger partial charge in [0.15, 0.2) is 0 Å². The lowest BCUT2D eigenvalue weighted by atomic mass is 10.1. The molecule has 0 aliphatic heterocycles. The topological polar surface area (TPSA) is 97.1 Å². The fraction of sp³-hybridized carbons (Fsp3) is 0.308. The van der Waals surface area contributed by atoms with E-state index in [1.165, 1.54) is 18.4 Å². The van der Waals surface area contributed by atoms with Gasteiger partial charge in [-0.1, -0.05) is 0 Å². The number of amides is 2. The molecule has 7 heteroatoms. The average Bonchev–Trinajstić information content (AvgIpc) is 2.76. The minimum atomic E-state index is -0.619. The lowest BCUT2D eigenvalue weighted by molar-refractivity contribution is -0.122. The predicted octanol–water partition coefficient (Wildman–Crippen LogP) is 1.05. The number of rotatable bonds is 3. The molecule has 0 aromatic carbocycles. The highest BCUT2D eigenvalue weighted by molar-refractivity contribution is 7.21. The van der Waals surface area contributed by atoms with Crippen molar-refractivity contribution in [3.8, 4) is 0 Å². The summed E-state index contributed by atoms with van der Waals surface area (Å²) in [7, 11) is 1.52. The molecule has 1 atom stereocenters. The van der Waals surface area contributed by atoms with Crippen LogP contribution in [-0.4, -0.2) is 29.9 Å². The number of nitrogens with two attached hydrogens (primary N) is 1. The fourth-order valence-corrected chi connectivity index (χ4v) is 2.96. The minimum absolute atomic E-state index is 0.257. The van der Waals surface area contributed by atoms with Crippen molar-refractivity contribution in [2.45, 2.75) is 19.9 Å². The Morgan fingerprint density at radius 3 is 2.75 bits per heavy atom. The number of carbonyl (C=O) groups is 2. The van der Waals surface area contributed by atoms with Crippen LogP contribution >= 0.6 is 11.3 Å². The third-order valence-corrected chi connectivity index (χ3v) is 4.14. The van der Waals surface area contributed by atoms with Crippen molar-refractivity contribution < 1.29 is 9.59 Å². The number of aryl methyl sites for hydroxylation is 1. The summed E-state index contributed by atoms with van der Waals surface area (Å²) in [4.78, 5) is 28.9. The molecule has 106 valence electrons. The number of carbonyl (C=O) groups excluding carboxylic acids is 2. The van der Waals surface area contributed by atoms with Gasteiger partial charge >= 0.3 is 0 Å². The molecule has 0 fully saturated rings. The molecule has 6 nitrogen and oxygen atoms in total. The van der Waals surface area contributed by atoms with Crippen molar-refractivity contribution in [1.29, 1.82) is 0 Å². The van der Waals surface area contributed by atoms with Gasteiger partial charge in [0.2, 0.25) is 5.91 Å². The van der Waals surface area contributed by atoms with Crippen molar-refractivity contribution in [3.63, 3.8) is 0 Å². The Morgan fingerprint density at radius 2 is 2.15 bits per heavy atom. The number of nitrogen functional groups attached to an aromatic ring is 1. The predicted molar refractivity (Wildman–Crippen MR) is 79.8 cm³/mol. The van der Waals surface area contributed by atoms with Gasteiger partial charge in [-0.3, -0.25) is 9.59 Å². The highest BCUT2D eigenvalue weighted by Gasteiger charge is 2.21. The van der Waals surface area contributed by atoms with Crippen molar-refractivity contribution in [2.75, 3.05) is 12.8 Å². The van der Waals surface area contributed by atoms with Gasteiger partial charge in [0.1, 0.15) is 15.7 Å². The first-order valence-corrected chi connectivity index (χ1v) is 6.93. The Bertz CT molecular complexity index is 680. The zero-order chi connectivity index (χ0) is 14.9. The van der Waals surface area contributed by atoms with Crippen LogP contribution in [0.25, 0.3) is 10.2 Å². The second-order valence-corrected chi connectivity index (χ2v) is 5.46. The van der Waals surface area contributed by atoms with Gasteiger partial charge in [0, 0.05) is 18.6 Å². The standard InChI is InChI=1S/C13H16N4O2S/c1-6-4-5-16-13-8(6)9(14)10(20-13)12(19)17-7(2)11(18)15-3/h4-5,7H,14H2,1-3H3,(H,15,18)(H,17,19). The van der Waals surface area contributed by atoms with Gasteiger partial charge in [0.05, 0.1) is 5.69 Å². The number of aromatic nitrogens is 1. The second kappa shape index (κ2) is 5.46. The molecule has 0 spiro atoms. The van der Waals surface area contributed by atoms with Crippen molar-refractivity contribution in [3.05, 3.63) is 22.7 Å². The van der Waals surface area contributed by atoms with E-state index in [-0.39, 0.29) is 11.8 Å². The summed E-state index contributed by atoms with van der Waals surface area (Å²) in [6.07, 6.45) is 1.68. The molecule has 0 saturated carbocycles. The minimum Gasteiger partial charge on any atom is -0.397 e. The number of hydrogen-bond donors (Lipinski definition) is 3. The summed E-state index contributed by atoms with van der Waals surface area (Å²) in [5.74, 6) is -0.617. The third-order valence-electron chi connectivity index (χ3n) is 3.03. The molecule has 1 unspecified atom stereocenters. The van der Waals surface area contributed by atoms with Gasteiger partial charge in [-0.2, -0.15) is 0 Å². The van der Waals surface area contributed by atoms with E-state index in [1.807, 2.05) is 13.0 Å². The third kappa shape index (κ3) is 2.44. The Labute approximate surface area is 120 Å². The molecular weight excluding hydrogens is 276 g/mol. The maximum atomic E-state index is 12.2. The van der Waals surface area contributed by atoms with Crippen molar-refractivity contribution in [1.82, 2.24) is 15.6 Å². The molecule has 0 aliphatic carbocycles. The van der Waals surface area contributed by atoms with E-state index in [1.54, 1.807) is 13.1 Å². The summed E-state index contributed by atoms with van der Waals surface area (Å²) in [6.45, 7) is 3.53. The summed E-state index contributed by atoms with van der Waals surface area (Å²) >= 11 is 1.23. The first-order chi connectivity index (χ1) is 9.45. The van der Waals surface area contributed by atoms with E-state index in [2.05, 4.69) is 15.6 Å². The van der Waals surface area contributed by atoms with Crippen LogP contribution in [0.3, 0.4) is 0 Å². The highest BCUT2D eigenvalue weighted by Crippen LogP contribution is 2.34. The van der Waals surface area contributed by atoms with E-state index in [4.69, 9.17) is 5.73 Å². The monoisotopic (exact) mass is 292 g/mol. The quantitative estimate of drug-likeness (QED) is 0.787. The van der Waals surface area contributed by atoms with Gasteiger partial charge in [-0.15, -0.1) is 11.3 Å². The fourth-order valence-electron chi connectivity index (χ4n) is 1.92. The molecule has 20 heavy (non-hydrogen) atoms. The maximum Gasteiger partial charge on any atom is 0.264 e. The van der Waals surface area contributed by atoms with Crippen LogP contribution < -0.4 is 16.4 Å². The number of nitrogens with zero attached hydrogens (tertiary/aromatic N) is 1. The van der Waals surface area contributed by atoms with E-state index < -0.39 is 6.04 Å². The highest BCUT2D eigenvalue weighted by atomic mass is 32.1. The summed E-state index contributed by atoms with van der Waals surface area (Å²) in [5.41, 5.74) is 7.42. The average molecular weight is 292 g/mol. The van der Waals surface area contributed by atoms with Crippen molar-refractivity contribution >= 4 is 39.1 Å². The first kappa shape index (κ1) is 14.3. The SMILES string of the molecule is CNC(=O)C(C)NC(=O)c1sc2nccc(C)c2c1N. The van der Waals surface area contributed by atoms with E-state index >= 15 is 0 Å². The summed E-state index contributed by atoms with van der Waals surface area (Å²) in [5, 5.41) is 5.90. The Balaban J connectivity index is 2.34. The van der Waals surface area contributed by atoms with Gasteiger partial charge in [-0.25, -0.2) is 4.98 Å². The van der Waals surface area contributed by atoms with Crippen LogP contribution in [0.4, 0.5) is 5.69 Å². The molecule has 2 rings (SSSR count). The Hall–Kier alpha value is -2.15.